The number of carboxylic acid groups (broad SMARTS) is 1. The Morgan fingerprint density at radius 2 is 2.23 bits per heavy atom. The van der Waals surface area contributed by atoms with Crippen molar-refractivity contribution in [3.05, 3.63) is 33.5 Å². The number of carboxylic acids is 1. The van der Waals surface area contributed by atoms with Crippen molar-refractivity contribution in [2.75, 3.05) is 0 Å². The summed E-state index contributed by atoms with van der Waals surface area (Å²) in [6.07, 6.45) is 0.498. The van der Waals surface area contributed by atoms with Crippen LogP contribution in [-0.2, 0) is 6.42 Å². The molecule has 0 spiro atoms. The largest absolute Gasteiger partial charge is 0.478 e. The lowest BCUT2D eigenvalue weighted by Gasteiger charge is -2.05. The highest BCUT2D eigenvalue weighted by molar-refractivity contribution is 9.10. The van der Waals surface area contributed by atoms with Crippen LogP contribution in [0.5, 0.6) is 0 Å². The first kappa shape index (κ1) is 10.2. The lowest BCUT2D eigenvalue weighted by Crippen LogP contribution is -2.05. The molecular formula is C9H8BrFO2. The Balaban J connectivity index is 3.38. The number of rotatable bonds is 2. The molecule has 13 heavy (non-hydrogen) atoms. The molecule has 0 aromatic heterocycles. The van der Waals surface area contributed by atoms with E-state index in [0.29, 0.717) is 16.5 Å². The maximum absolute atomic E-state index is 13.1. The van der Waals surface area contributed by atoms with E-state index < -0.39 is 11.8 Å². The minimum absolute atomic E-state index is 0.231. The van der Waals surface area contributed by atoms with Gasteiger partial charge in [0.2, 0.25) is 0 Å². The minimum atomic E-state index is -1.22. The Bertz CT molecular complexity index is 350. The topological polar surface area (TPSA) is 37.3 Å². The van der Waals surface area contributed by atoms with E-state index in [1.807, 2.05) is 0 Å². The van der Waals surface area contributed by atoms with Gasteiger partial charge >= 0.3 is 5.97 Å². The van der Waals surface area contributed by atoms with Crippen LogP contribution in [0.1, 0.15) is 22.8 Å². The lowest BCUT2D eigenvalue weighted by atomic mass is 10.1. The summed E-state index contributed by atoms with van der Waals surface area (Å²) >= 11 is 3.10. The molecule has 4 heteroatoms. The first-order valence-corrected chi connectivity index (χ1v) is 4.56. The Morgan fingerprint density at radius 3 is 2.69 bits per heavy atom. The summed E-state index contributed by atoms with van der Waals surface area (Å²) in [7, 11) is 0. The van der Waals surface area contributed by atoms with Crippen LogP contribution < -0.4 is 0 Å². The van der Waals surface area contributed by atoms with Gasteiger partial charge in [-0.3, -0.25) is 0 Å². The van der Waals surface area contributed by atoms with Gasteiger partial charge in [-0.05, 0) is 24.1 Å². The zero-order chi connectivity index (χ0) is 10.0. The molecular weight excluding hydrogens is 239 g/mol. The van der Waals surface area contributed by atoms with Crippen LogP contribution >= 0.6 is 15.9 Å². The molecule has 0 aliphatic carbocycles. The molecule has 1 N–H and O–H groups in total. The molecule has 0 radical (unpaired) electrons. The molecule has 0 heterocycles. The molecule has 0 amide bonds. The van der Waals surface area contributed by atoms with Crippen molar-refractivity contribution in [1.29, 1.82) is 0 Å². The average molecular weight is 247 g/mol. The zero-order valence-electron chi connectivity index (χ0n) is 6.97. The zero-order valence-corrected chi connectivity index (χ0v) is 8.56. The fraction of sp³-hybridized carbons (Fsp3) is 0.222. The second-order valence-corrected chi connectivity index (χ2v) is 3.50. The first-order valence-electron chi connectivity index (χ1n) is 3.77. The molecule has 0 bridgehead atoms. The number of carbonyl (C=O) groups is 1. The molecule has 1 rings (SSSR count). The molecule has 1 aromatic carbocycles. The quantitative estimate of drug-likeness (QED) is 0.872. The number of benzene rings is 1. The normalized spacial score (nSPS) is 10.1. The van der Waals surface area contributed by atoms with Crippen LogP contribution in [0.3, 0.4) is 0 Å². The second-order valence-electron chi connectivity index (χ2n) is 2.58. The smallest absolute Gasteiger partial charge is 0.338 e. The van der Waals surface area contributed by atoms with Crippen molar-refractivity contribution in [2.45, 2.75) is 13.3 Å². The van der Waals surface area contributed by atoms with Gasteiger partial charge in [0, 0.05) is 4.47 Å². The van der Waals surface area contributed by atoms with Gasteiger partial charge in [-0.2, -0.15) is 0 Å². The monoisotopic (exact) mass is 246 g/mol. The highest BCUT2D eigenvalue weighted by Crippen LogP contribution is 2.20. The van der Waals surface area contributed by atoms with Gasteiger partial charge in [0.1, 0.15) is 5.82 Å². The molecule has 70 valence electrons. The number of hydrogen-bond donors (Lipinski definition) is 1. The van der Waals surface area contributed by atoms with Gasteiger partial charge in [0.25, 0.3) is 0 Å². The molecule has 0 fully saturated rings. The summed E-state index contributed by atoms with van der Waals surface area (Å²) in [5.74, 6) is -1.92. The van der Waals surface area contributed by atoms with E-state index in [4.69, 9.17) is 5.11 Å². The van der Waals surface area contributed by atoms with Crippen molar-refractivity contribution in [1.82, 2.24) is 0 Å². The lowest BCUT2D eigenvalue weighted by molar-refractivity contribution is 0.0690. The minimum Gasteiger partial charge on any atom is -0.478 e. The third kappa shape index (κ3) is 2.06. The molecule has 0 saturated heterocycles. The van der Waals surface area contributed by atoms with E-state index in [-0.39, 0.29) is 5.56 Å². The van der Waals surface area contributed by atoms with E-state index in [9.17, 15) is 9.18 Å². The van der Waals surface area contributed by atoms with Crippen molar-refractivity contribution in [3.8, 4) is 0 Å². The molecule has 0 saturated carbocycles. The molecule has 0 aliphatic heterocycles. The maximum atomic E-state index is 13.1. The Kier molecular flexibility index (Phi) is 3.03. The highest BCUT2D eigenvalue weighted by Gasteiger charge is 2.15. The van der Waals surface area contributed by atoms with Crippen LogP contribution in [0.25, 0.3) is 0 Å². The van der Waals surface area contributed by atoms with Crippen LogP contribution in [0.15, 0.2) is 16.6 Å². The van der Waals surface area contributed by atoms with Crippen LogP contribution in [0.4, 0.5) is 4.39 Å². The first-order chi connectivity index (χ1) is 6.06. The Morgan fingerprint density at radius 1 is 1.62 bits per heavy atom. The average Bonchev–Trinajstić information content (AvgIpc) is 2.01. The third-order valence-corrected chi connectivity index (χ3v) is 2.19. The van der Waals surface area contributed by atoms with Crippen molar-refractivity contribution in [2.24, 2.45) is 0 Å². The van der Waals surface area contributed by atoms with Gasteiger partial charge in [-0.25, -0.2) is 9.18 Å². The Labute approximate surface area is 83.5 Å². The summed E-state index contributed by atoms with van der Waals surface area (Å²) in [5, 5.41) is 8.71. The van der Waals surface area contributed by atoms with Gasteiger partial charge < -0.3 is 5.11 Å². The predicted molar refractivity (Wildman–Crippen MR) is 50.4 cm³/mol. The predicted octanol–water partition coefficient (Wildman–Crippen LogP) is 2.85. The van der Waals surface area contributed by atoms with Gasteiger partial charge in [-0.15, -0.1) is 0 Å². The standard InChI is InChI=1S/C9H8BrFO2/c1-2-5-3-6(10)4-7(11)8(5)9(12)13/h3-4H,2H2,1H3,(H,12,13). The summed E-state index contributed by atoms with van der Waals surface area (Å²) in [4.78, 5) is 10.7. The molecule has 2 nitrogen and oxygen atoms in total. The van der Waals surface area contributed by atoms with Gasteiger partial charge in [0.15, 0.2) is 0 Å². The number of hydrogen-bond acceptors (Lipinski definition) is 1. The number of aromatic carboxylic acids is 1. The Hall–Kier alpha value is -0.900. The van der Waals surface area contributed by atoms with E-state index in [0.717, 1.165) is 6.07 Å². The fourth-order valence-corrected chi connectivity index (χ4v) is 1.62. The molecule has 1 aromatic rings. The molecule has 0 atom stereocenters. The van der Waals surface area contributed by atoms with E-state index in [2.05, 4.69) is 15.9 Å². The molecule has 0 unspecified atom stereocenters. The van der Waals surface area contributed by atoms with Crippen molar-refractivity contribution in [3.63, 3.8) is 0 Å². The number of halogens is 2. The van der Waals surface area contributed by atoms with E-state index in [1.54, 1.807) is 13.0 Å². The third-order valence-electron chi connectivity index (χ3n) is 1.73. The summed E-state index contributed by atoms with van der Waals surface area (Å²) in [6.45, 7) is 1.79. The highest BCUT2D eigenvalue weighted by atomic mass is 79.9. The van der Waals surface area contributed by atoms with Crippen LogP contribution in [0.2, 0.25) is 0 Å². The summed E-state index contributed by atoms with van der Waals surface area (Å²) in [6, 6.07) is 2.77. The second kappa shape index (κ2) is 3.87. The summed E-state index contributed by atoms with van der Waals surface area (Å²) in [5.41, 5.74) is 0.269. The molecule has 0 aliphatic rings. The van der Waals surface area contributed by atoms with Crippen molar-refractivity contribution >= 4 is 21.9 Å². The summed E-state index contributed by atoms with van der Waals surface area (Å²) < 4.78 is 13.7. The van der Waals surface area contributed by atoms with Crippen molar-refractivity contribution < 1.29 is 14.3 Å². The fourth-order valence-electron chi connectivity index (χ4n) is 1.15. The number of aryl methyl sites for hydroxylation is 1. The van der Waals surface area contributed by atoms with Crippen LogP contribution in [-0.4, -0.2) is 11.1 Å². The van der Waals surface area contributed by atoms with Gasteiger partial charge in [-0.1, -0.05) is 22.9 Å². The van der Waals surface area contributed by atoms with Gasteiger partial charge in [0.05, 0.1) is 5.56 Å². The van der Waals surface area contributed by atoms with E-state index >= 15 is 0 Å². The van der Waals surface area contributed by atoms with Crippen LogP contribution in [0, 0.1) is 5.82 Å². The maximum Gasteiger partial charge on any atom is 0.338 e. The van der Waals surface area contributed by atoms with E-state index in [1.165, 1.54) is 0 Å². The SMILES string of the molecule is CCc1cc(Br)cc(F)c1C(=O)O.